The third-order valence-electron chi connectivity index (χ3n) is 3.96. The van der Waals surface area contributed by atoms with Gasteiger partial charge in [-0.05, 0) is 31.9 Å². The fourth-order valence-electron chi connectivity index (χ4n) is 2.77. The molecule has 0 saturated carbocycles. The first kappa shape index (κ1) is 14.5. The van der Waals surface area contributed by atoms with E-state index in [1.807, 2.05) is 0 Å². The lowest BCUT2D eigenvalue weighted by atomic mass is 10.1. The van der Waals surface area contributed by atoms with E-state index in [2.05, 4.69) is 47.1 Å². The van der Waals surface area contributed by atoms with Crippen LogP contribution in [0.4, 0.5) is 0 Å². The molecule has 0 aliphatic carbocycles. The van der Waals surface area contributed by atoms with Crippen molar-refractivity contribution in [3.05, 3.63) is 35.9 Å². The van der Waals surface area contributed by atoms with Crippen LogP contribution in [0.25, 0.3) is 0 Å². The van der Waals surface area contributed by atoms with Gasteiger partial charge in [-0.25, -0.2) is 0 Å². The van der Waals surface area contributed by atoms with Crippen LogP contribution in [0, 0.1) is 0 Å². The van der Waals surface area contributed by atoms with Crippen LogP contribution in [0.3, 0.4) is 0 Å². The van der Waals surface area contributed by atoms with Crippen molar-refractivity contribution in [1.82, 2.24) is 9.80 Å². The Morgan fingerprint density at radius 3 is 2.63 bits per heavy atom. The third-order valence-corrected chi connectivity index (χ3v) is 3.96. The number of aliphatic hydroxyl groups is 1. The lowest BCUT2D eigenvalue weighted by Crippen LogP contribution is -2.51. The topological polar surface area (TPSA) is 26.7 Å². The molecule has 3 nitrogen and oxygen atoms in total. The number of nitrogens with zero attached hydrogens (tertiary/aromatic N) is 2. The summed E-state index contributed by atoms with van der Waals surface area (Å²) in [4.78, 5) is 5.10. The molecule has 1 heterocycles. The molecule has 19 heavy (non-hydrogen) atoms. The number of hydrogen-bond donors (Lipinski definition) is 1. The quantitative estimate of drug-likeness (QED) is 0.794. The van der Waals surface area contributed by atoms with E-state index in [4.69, 9.17) is 5.11 Å². The Morgan fingerprint density at radius 2 is 1.95 bits per heavy atom. The van der Waals surface area contributed by atoms with Gasteiger partial charge in [0.15, 0.2) is 0 Å². The van der Waals surface area contributed by atoms with Gasteiger partial charge in [-0.1, -0.05) is 30.3 Å². The molecule has 0 unspecified atom stereocenters. The number of aliphatic hydroxyl groups excluding tert-OH is 1. The van der Waals surface area contributed by atoms with Crippen molar-refractivity contribution in [1.29, 1.82) is 0 Å². The molecular weight excluding hydrogens is 236 g/mol. The summed E-state index contributed by atoms with van der Waals surface area (Å²) in [6.45, 7) is 8.29. The van der Waals surface area contributed by atoms with Crippen LogP contribution in [0.5, 0.6) is 0 Å². The van der Waals surface area contributed by atoms with Gasteiger partial charge >= 0.3 is 0 Å². The van der Waals surface area contributed by atoms with E-state index < -0.39 is 0 Å². The zero-order valence-corrected chi connectivity index (χ0v) is 12.0. The summed E-state index contributed by atoms with van der Waals surface area (Å²) < 4.78 is 0. The maximum atomic E-state index is 8.83. The number of piperazine rings is 1. The van der Waals surface area contributed by atoms with Gasteiger partial charge in [0.05, 0.1) is 0 Å². The summed E-state index contributed by atoms with van der Waals surface area (Å²) in [6, 6.07) is 11.3. The first-order valence-electron chi connectivity index (χ1n) is 7.41. The van der Waals surface area contributed by atoms with Gasteiger partial charge in [0.1, 0.15) is 0 Å². The molecule has 0 bridgehead atoms. The third kappa shape index (κ3) is 4.60. The number of benzene rings is 1. The van der Waals surface area contributed by atoms with Gasteiger partial charge in [0, 0.05) is 38.8 Å². The first-order chi connectivity index (χ1) is 9.29. The van der Waals surface area contributed by atoms with E-state index in [-0.39, 0.29) is 0 Å². The van der Waals surface area contributed by atoms with Crippen molar-refractivity contribution in [2.75, 3.05) is 32.8 Å². The molecule has 106 valence electrons. The predicted octanol–water partition coefficient (Wildman–Crippen LogP) is 1.97. The largest absolute Gasteiger partial charge is 0.396 e. The Morgan fingerprint density at radius 1 is 1.16 bits per heavy atom. The molecule has 1 aliphatic rings. The lowest BCUT2D eigenvalue weighted by Gasteiger charge is -2.40. The van der Waals surface area contributed by atoms with E-state index >= 15 is 0 Å². The van der Waals surface area contributed by atoms with Gasteiger partial charge in [-0.15, -0.1) is 0 Å². The van der Waals surface area contributed by atoms with Crippen LogP contribution in [0.2, 0.25) is 0 Å². The molecule has 0 amide bonds. The van der Waals surface area contributed by atoms with E-state index in [1.165, 1.54) is 5.56 Å². The van der Waals surface area contributed by atoms with E-state index in [0.717, 1.165) is 45.6 Å². The number of unbranched alkanes of at least 4 members (excludes halogenated alkanes) is 1. The highest BCUT2D eigenvalue weighted by atomic mass is 16.2. The van der Waals surface area contributed by atoms with Crippen molar-refractivity contribution in [2.45, 2.75) is 32.4 Å². The SMILES string of the molecule is C[C@@H]1CN(CCCCO)CCN1Cc1ccccc1. The van der Waals surface area contributed by atoms with Crippen molar-refractivity contribution < 1.29 is 5.11 Å². The van der Waals surface area contributed by atoms with Crippen LogP contribution in [0.15, 0.2) is 30.3 Å². The van der Waals surface area contributed by atoms with Crippen LogP contribution >= 0.6 is 0 Å². The maximum absolute atomic E-state index is 8.83. The minimum absolute atomic E-state index is 0.323. The standard InChI is InChI=1S/C16H26N2O/c1-15-13-17(9-5-6-12-19)10-11-18(15)14-16-7-3-2-4-8-16/h2-4,7-8,15,19H,5-6,9-14H2,1H3/t15-/m1/s1. The lowest BCUT2D eigenvalue weighted by molar-refractivity contribution is 0.0757. The maximum Gasteiger partial charge on any atom is 0.0431 e. The Labute approximate surface area is 116 Å². The molecule has 0 radical (unpaired) electrons. The van der Waals surface area contributed by atoms with Gasteiger partial charge in [-0.2, -0.15) is 0 Å². The summed E-state index contributed by atoms with van der Waals surface area (Å²) in [5, 5.41) is 8.83. The van der Waals surface area contributed by atoms with E-state index in [9.17, 15) is 0 Å². The molecular formula is C16H26N2O. The molecule has 1 N–H and O–H groups in total. The molecule has 1 saturated heterocycles. The normalized spacial score (nSPS) is 21.7. The average Bonchev–Trinajstić information content (AvgIpc) is 2.43. The summed E-state index contributed by atoms with van der Waals surface area (Å²) in [5.74, 6) is 0. The Balaban J connectivity index is 1.77. The van der Waals surface area contributed by atoms with Crippen LogP contribution < -0.4 is 0 Å². The highest BCUT2D eigenvalue weighted by molar-refractivity contribution is 5.14. The van der Waals surface area contributed by atoms with E-state index in [1.54, 1.807) is 0 Å². The highest BCUT2D eigenvalue weighted by Crippen LogP contribution is 2.14. The minimum Gasteiger partial charge on any atom is -0.396 e. The first-order valence-corrected chi connectivity index (χ1v) is 7.41. The fourth-order valence-corrected chi connectivity index (χ4v) is 2.77. The zero-order chi connectivity index (χ0) is 13.5. The molecule has 1 atom stereocenters. The molecule has 1 fully saturated rings. The van der Waals surface area contributed by atoms with Crippen molar-refractivity contribution in [3.8, 4) is 0 Å². The Kier molecular flexibility index (Phi) is 5.83. The molecule has 1 aromatic carbocycles. The van der Waals surface area contributed by atoms with Crippen molar-refractivity contribution >= 4 is 0 Å². The molecule has 2 rings (SSSR count). The van der Waals surface area contributed by atoms with Gasteiger partial charge in [-0.3, -0.25) is 4.90 Å². The molecule has 1 aliphatic heterocycles. The second kappa shape index (κ2) is 7.63. The van der Waals surface area contributed by atoms with E-state index in [0.29, 0.717) is 12.6 Å². The summed E-state index contributed by atoms with van der Waals surface area (Å²) in [7, 11) is 0. The minimum atomic E-state index is 0.323. The smallest absolute Gasteiger partial charge is 0.0431 e. The summed E-state index contributed by atoms with van der Waals surface area (Å²) in [5.41, 5.74) is 1.41. The zero-order valence-electron chi connectivity index (χ0n) is 12.0. The fraction of sp³-hybridized carbons (Fsp3) is 0.625. The predicted molar refractivity (Wildman–Crippen MR) is 79.1 cm³/mol. The van der Waals surface area contributed by atoms with Crippen molar-refractivity contribution in [3.63, 3.8) is 0 Å². The van der Waals surface area contributed by atoms with Gasteiger partial charge < -0.3 is 10.0 Å². The van der Waals surface area contributed by atoms with Crippen LogP contribution in [0.1, 0.15) is 25.3 Å². The Hall–Kier alpha value is -0.900. The number of rotatable bonds is 6. The average molecular weight is 262 g/mol. The Bertz CT molecular complexity index is 355. The van der Waals surface area contributed by atoms with Crippen LogP contribution in [-0.4, -0.2) is 53.7 Å². The van der Waals surface area contributed by atoms with Gasteiger partial charge in [0.2, 0.25) is 0 Å². The molecule has 0 spiro atoms. The summed E-state index contributed by atoms with van der Waals surface area (Å²) >= 11 is 0. The highest BCUT2D eigenvalue weighted by Gasteiger charge is 2.22. The van der Waals surface area contributed by atoms with Gasteiger partial charge in [0.25, 0.3) is 0 Å². The number of hydrogen-bond acceptors (Lipinski definition) is 3. The molecule has 1 aromatic rings. The second-order valence-corrected chi connectivity index (χ2v) is 5.54. The summed E-state index contributed by atoms with van der Waals surface area (Å²) in [6.07, 6.45) is 2.04. The van der Waals surface area contributed by atoms with Crippen molar-refractivity contribution in [2.24, 2.45) is 0 Å². The molecule has 0 aromatic heterocycles. The monoisotopic (exact) mass is 262 g/mol. The molecule has 3 heteroatoms. The van der Waals surface area contributed by atoms with Crippen LogP contribution in [-0.2, 0) is 6.54 Å². The second-order valence-electron chi connectivity index (χ2n) is 5.54.